The molecule has 10 heteroatoms. The summed E-state index contributed by atoms with van der Waals surface area (Å²) in [5.74, 6) is -1.09. The molecule has 0 spiro atoms. The van der Waals surface area contributed by atoms with Gasteiger partial charge in [0.25, 0.3) is 5.82 Å². The third-order valence-electron chi connectivity index (χ3n) is 6.99. The molecule has 2 aromatic carbocycles. The number of benzene rings is 2. The molecule has 1 aliphatic heterocycles. The van der Waals surface area contributed by atoms with Gasteiger partial charge in [0.05, 0.1) is 5.69 Å². The number of nitrogens with one attached hydrogen (secondary N) is 1. The van der Waals surface area contributed by atoms with E-state index in [9.17, 15) is 13.2 Å². The average Bonchev–Trinajstić information content (AvgIpc) is 3.09. The SMILES string of the molecule is CN1CCCc2cc(Nc3nc(C(F)(F)F)nn3-c3cc4c(nn3)-c3ccccc3CCC4)ccc2C1. The summed E-state index contributed by atoms with van der Waals surface area (Å²) in [6, 6.07) is 15.7. The van der Waals surface area contributed by atoms with Crippen molar-refractivity contribution in [2.75, 3.05) is 18.9 Å². The second kappa shape index (κ2) is 9.26. The highest BCUT2D eigenvalue weighted by Crippen LogP contribution is 2.33. The van der Waals surface area contributed by atoms with Gasteiger partial charge < -0.3 is 10.2 Å². The number of nitrogens with zero attached hydrogens (tertiary/aromatic N) is 6. The van der Waals surface area contributed by atoms with Crippen LogP contribution in [0, 0.1) is 0 Å². The lowest BCUT2D eigenvalue weighted by Gasteiger charge is -2.14. The van der Waals surface area contributed by atoms with Crippen LogP contribution in [0.3, 0.4) is 0 Å². The number of aromatic nitrogens is 5. The lowest BCUT2D eigenvalue weighted by Crippen LogP contribution is -2.17. The molecule has 37 heavy (non-hydrogen) atoms. The van der Waals surface area contributed by atoms with E-state index < -0.39 is 12.0 Å². The summed E-state index contributed by atoms with van der Waals surface area (Å²) in [6.07, 6.45) is -0.198. The van der Waals surface area contributed by atoms with Crippen LogP contribution in [0.5, 0.6) is 0 Å². The third-order valence-corrected chi connectivity index (χ3v) is 6.99. The largest absolute Gasteiger partial charge is 0.453 e. The molecular formula is C27H26F3N7. The van der Waals surface area contributed by atoms with Gasteiger partial charge in [-0.15, -0.1) is 15.3 Å². The first-order chi connectivity index (χ1) is 17.8. The van der Waals surface area contributed by atoms with Crippen LogP contribution >= 0.6 is 0 Å². The number of hydrogen-bond donors (Lipinski definition) is 1. The van der Waals surface area contributed by atoms with Crippen LogP contribution in [0.25, 0.3) is 17.1 Å². The van der Waals surface area contributed by atoms with Crippen molar-refractivity contribution < 1.29 is 13.2 Å². The van der Waals surface area contributed by atoms with E-state index in [1.807, 2.05) is 36.4 Å². The molecule has 0 saturated carbocycles. The zero-order chi connectivity index (χ0) is 25.6. The van der Waals surface area contributed by atoms with Crippen molar-refractivity contribution in [2.24, 2.45) is 0 Å². The Morgan fingerprint density at radius 1 is 0.865 bits per heavy atom. The van der Waals surface area contributed by atoms with E-state index in [-0.39, 0.29) is 11.8 Å². The molecule has 1 N–H and O–H groups in total. The highest BCUT2D eigenvalue weighted by molar-refractivity contribution is 5.68. The van der Waals surface area contributed by atoms with Gasteiger partial charge in [-0.25, -0.2) is 0 Å². The summed E-state index contributed by atoms with van der Waals surface area (Å²) in [5.41, 5.74) is 6.96. The maximum absolute atomic E-state index is 13.6. The molecule has 2 aromatic heterocycles. The van der Waals surface area contributed by atoms with E-state index in [1.165, 1.54) is 16.7 Å². The Morgan fingerprint density at radius 3 is 2.54 bits per heavy atom. The highest BCUT2D eigenvalue weighted by Gasteiger charge is 2.38. The van der Waals surface area contributed by atoms with Gasteiger partial charge in [-0.3, -0.25) is 0 Å². The predicted molar refractivity (Wildman–Crippen MR) is 134 cm³/mol. The van der Waals surface area contributed by atoms with Crippen LogP contribution in [-0.2, 0) is 32.0 Å². The van der Waals surface area contributed by atoms with Crippen LogP contribution in [0.1, 0.15) is 40.9 Å². The first-order valence-electron chi connectivity index (χ1n) is 12.4. The molecule has 2 aliphatic rings. The Kier molecular flexibility index (Phi) is 5.91. The Balaban J connectivity index is 1.39. The minimum absolute atomic E-state index is 0.0544. The van der Waals surface area contributed by atoms with Crippen molar-refractivity contribution in [3.8, 4) is 17.1 Å². The maximum Gasteiger partial charge on any atom is 0.453 e. The van der Waals surface area contributed by atoms with Crippen molar-refractivity contribution in [1.29, 1.82) is 0 Å². The highest BCUT2D eigenvalue weighted by atomic mass is 19.4. The summed E-state index contributed by atoms with van der Waals surface area (Å²) >= 11 is 0. The predicted octanol–water partition coefficient (Wildman–Crippen LogP) is 5.35. The molecule has 0 bridgehead atoms. The average molecular weight is 506 g/mol. The molecular weight excluding hydrogens is 479 g/mol. The molecule has 0 radical (unpaired) electrons. The smallest absolute Gasteiger partial charge is 0.324 e. The van der Waals surface area contributed by atoms with E-state index >= 15 is 0 Å². The van der Waals surface area contributed by atoms with Gasteiger partial charge in [0, 0.05) is 17.8 Å². The number of aryl methyl sites for hydroxylation is 3. The van der Waals surface area contributed by atoms with Gasteiger partial charge in [0.2, 0.25) is 5.95 Å². The quantitative estimate of drug-likeness (QED) is 0.405. The zero-order valence-corrected chi connectivity index (χ0v) is 20.4. The lowest BCUT2D eigenvalue weighted by molar-refractivity contribution is -0.144. The fraction of sp³-hybridized carbons (Fsp3) is 0.333. The van der Waals surface area contributed by atoms with Crippen LogP contribution in [-0.4, -0.2) is 43.5 Å². The van der Waals surface area contributed by atoms with Gasteiger partial charge in [-0.05, 0) is 86.1 Å². The molecule has 0 unspecified atom stereocenters. The summed E-state index contributed by atoms with van der Waals surface area (Å²) in [4.78, 5) is 6.07. The third kappa shape index (κ3) is 4.69. The molecule has 3 heterocycles. The van der Waals surface area contributed by atoms with E-state index in [4.69, 9.17) is 0 Å². The van der Waals surface area contributed by atoms with Crippen LogP contribution in [0.4, 0.5) is 24.8 Å². The van der Waals surface area contributed by atoms with Crippen LogP contribution in [0.2, 0.25) is 0 Å². The molecule has 6 rings (SSSR count). The standard InChI is InChI=1S/C27H26F3N7/c1-36-13-5-9-18-14-21(12-11-20(18)16-36)31-26-32-25(27(28,29)30)35-37(26)23-15-19-8-4-7-17-6-2-3-10-22(17)24(19)34-33-23/h2-3,6,10-12,14-15H,4-5,7-9,13,16H2,1H3,(H,31,32,35). The Labute approximate surface area is 212 Å². The molecule has 4 aromatic rings. The van der Waals surface area contributed by atoms with E-state index in [2.05, 4.69) is 43.6 Å². The minimum atomic E-state index is -4.70. The molecule has 190 valence electrons. The van der Waals surface area contributed by atoms with Gasteiger partial charge in [-0.2, -0.15) is 22.8 Å². The second-order valence-corrected chi connectivity index (χ2v) is 9.71. The molecule has 0 saturated heterocycles. The van der Waals surface area contributed by atoms with Crippen molar-refractivity contribution >= 4 is 11.6 Å². The number of hydrogen-bond acceptors (Lipinski definition) is 6. The Morgan fingerprint density at radius 2 is 1.68 bits per heavy atom. The van der Waals surface area contributed by atoms with Crippen molar-refractivity contribution in [1.82, 2.24) is 29.9 Å². The number of alkyl halides is 3. The van der Waals surface area contributed by atoms with Gasteiger partial charge in [-0.1, -0.05) is 30.3 Å². The summed E-state index contributed by atoms with van der Waals surface area (Å²) in [6.45, 7) is 1.85. The maximum atomic E-state index is 13.6. The molecule has 1 aliphatic carbocycles. The van der Waals surface area contributed by atoms with Gasteiger partial charge >= 0.3 is 6.18 Å². The Bertz CT molecular complexity index is 1460. The first kappa shape index (κ1) is 23.6. The topological polar surface area (TPSA) is 71.8 Å². The first-order valence-corrected chi connectivity index (χ1v) is 12.4. The van der Waals surface area contributed by atoms with E-state index in [1.54, 1.807) is 6.07 Å². The number of halogens is 3. The number of rotatable bonds is 3. The molecule has 0 atom stereocenters. The van der Waals surface area contributed by atoms with E-state index in [0.717, 1.165) is 66.7 Å². The van der Waals surface area contributed by atoms with Gasteiger partial charge in [0.15, 0.2) is 5.82 Å². The van der Waals surface area contributed by atoms with Crippen LogP contribution < -0.4 is 5.32 Å². The summed E-state index contributed by atoms with van der Waals surface area (Å²) in [5, 5.41) is 15.6. The molecule has 0 amide bonds. The van der Waals surface area contributed by atoms with Crippen LogP contribution in [0.15, 0.2) is 48.5 Å². The summed E-state index contributed by atoms with van der Waals surface area (Å²) in [7, 11) is 2.09. The lowest BCUT2D eigenvalue weighted by atomic mass is 10.0. The molecule has 0 fully saturated rings. The van der Waals surface area contributed by atoms with Gasteiger partial charge in [0.1, 0.15) is 0 Å². The molecule has 7 nitrogen and oxygen atoms in total. The fourth-order valence-corrected chi connectivity index (χ4v) is 5.18. The number of anilines is 2. The Hall–Kier alpha value is -3.79. The second-order valence-electron chi connectivity index (χ2n) is 9.71. The summed E-state index contributed by atoms with van der Waals surface area (Å²) < 4.78 is 42.0. The van der Waals surface area contributed by atoms with E-state index in [0.29, 0.717) is 5.69 Å². The monoisotopic (exact) mass is 505 g/mol. The van der Waals surface area contributed by atoms with Crippen molar-refractivity contribution in [2.45, 2.75) is 44.8 Å². The van der Waals surface area contributed by atoms with Crippen molar-refractivity contribution in [3.63, 3.8) is 0 Å². The minimum Gasteiger partial charge on any atom is -0.324 e. The number of fused-ring (bicyclic) bond motifs is 4. The normalized spacial score (nSPS) is 15.8. The fourth-order valence-electron chi connectivity index (χ4n) is 5.18. The van der Waals surface area contributed by atoms with Crippen molar-refractivity contribution in [3.05, 3.63) is 76.6 Å². The zero-order valence-electron chi connectivity index (χ0n) is 20.4.